The molecule has 18 heavy (non-hydrogen) atoms. The molecule has 0 spiro atoms. The van der Waals surface area contributed by atoms with Crippen LogP contribution in [0.5, 0.6) is 0 Å². The zero-order valence-electron chi connectivity index (χ0n) is 11.8. The molecule has 0 bridgehead atoms. The number of aromatic nitrogens is 2. The van der Waals surface area contributed by atoms with Crippen molar-refractivity contribution in [3.05, 3.63) is 18.0 Å². The Bertz CT molecular complexity index is 344. The molecule has 0 aliphatic carbocycles. The molecule has 1 aromatic heterocycles. The van der Waals surface area contributed by atoms with E-state index in [1.54, 1.807) is 10.9 Å². The van der Waals surface area contributed by atoms with E-state index >= 15 is 0 Å². The lowest BCUT2D eigenvalue weighted by Crippen LogP contribution is -2.01. The first-order valence-corrected chi connectivity index (χ1v) is 7.21. The smallest absolute Gasteiger partial charge is 0.137 e. The Labute approximate surface area is 111 Å². The van der Waals surface area contributed by atoms with Crippen LogP contribution in [0.2, 0.25) is 0 Å². The average molecular weight is 250 g/mol. The van der Waals surface area contributed by atoms with Gasteiger partial charge in [-0.3, -0.25) is 9.48 Å². The number of ketones is 1. The van der Waals surface area contributed by atoms with Crippen molar-refractivity contribution in [1.29, 1.82) is 0 Å². The normalized spacial score (nSPS) is 10.8. The summed E-state index contributed by atoms with van der Waals surface area (Å²) in [7, 11) is 1.88. The molecule has 3 heteroatoms. The van der Waals surface area contributed by atoms with Gasteiger partial charge >= 0.3 is 0 Å². The number of hydrogen-bond donors (Lipinski definition) is 0. The Balaban J connectivity index is 2.00. The molecule has 0 saturated carbocycles. The number of hydrogen-bond acceptors (Lipinski definition) is 2. The van der Waals surface area contributed by atoms with Gasteiger partial charge in [-0.15, -0.1) is 0 Å². The first-order chi connectivity index (χ1) is 8.72. The van der Waals surface area contributed by atoms with E-state index in [1.165, 1.54) is 38.5 Å². The second-order valence-electron chi connectivity index (χ2n) is 5.11. The molecule has 0 unspecified atom stereocenters. The Morgan fingerprint density at radius 3 is 2.44 bits per heavy atom. The van der Waals surface area contributed by atoms with Gasteiger partial charge in [0, 0.05) is 26.1 Å². The predicted octanol–water partition coefficient (Wildman–Crippen LogP) is 3.67. The molecule has 0 aliphatic heterocycles. The van der Waals surface area contributed by atoms with E-state index in [0.717, 1.165) is 18.4 Å². The van der Waals surface area contributed by atoms with Crippen LogP contribution < -0.4 is 0 Å². The fourth-order valence-corrected chi connectivity index (χ4v) is 2.16. The van der Waals surface area contributed by atoms with Crippen LogP contribution in [0, 0.1) is 0 Å². The summed E-state index contributed by atoms with van der Waals surface area (Å²) < 4.78 is 1.75. The lowest BCUT2D eigenvalue weighted by Gasteiger charge is -2.01. The highest BCUT2D eigenvalue weighted by Crippen LogP contribution is 2.09. The number of Topliss-reactive ketones (excluding diaryl/α,β-unsaturated/α-hetero) is 1. The van der Waals surface area contributed by atoms with Crippen LogP contribution in [-0.2, 0) is 18.3 Å². The van der Waals surface area contributed by atoms with Crippen LogP contribution in [0.25, 0.3) is 0 Å². The lowest BCUT2D eigenvalue weighted by atomic mass is 10.0. The molecule has 0 N–H and O–H groups in total. The Hall–Kier alpha value is -1.12. The molecule has 0 aromatic carbocycles. The molecule has 0 fully saturated rings. The van der Waals surface area contributed by atoms with E-state index in [-0.39, 0.29) is 0 Å². The van der Waals surface area contributed by atoms with E-state index in [9.17, 15) is 4.79 Å². The quantitative estimate of drug-likeness (QED) is 0.594. The monoisotopic (exact) mass is 250 g/mol. The number of carbonyl (C=O) groups is 1. The van der Waals surface area contributed by atoms with Gasteiger partial charge in [-0.05, 0) is 12.0 Å². The van der Waals surface area contributed by atoms with Gasteiger partial charge in [-0.1, -0.05) is 45.4 Å². The van der Waals surface area contributed by atoms with Gasteiger partial charge in [0.05, 0.1) is 6.20 Å². The molecule has 1 rings (SSSR count). The zero-order chi connectivity index (χ0) is 13.2. The van der Waals surface area contributed by atoms with Crippen LogP contribution in [0.1, 0.15) is 63.9 Å². The Kier molecular flexibility index (Phi) is 7.38. The maximum absolute atomic E-state index is 11.7. The highest BCUT2D eigenvalue weighted by molar-refractivity contribution is 5.80. The summed E-state index contributed by atoms with van der Waals surface area (Å²) >= 11 is 0. The van der Waals surface area contributed by atoms with Gasteiger partial charge < -0.3 is 0 Å². The van der Waals surface area contributed by atoms with Gasteiger partial charge in [-0.25, -0.2) is 0 Å². The van der Waals surface area contributed by atoms with Crippen molar-refractivity contribution in [2.75, 3.05) is 0 Å². The molecule has 0 atom stereocenters. The fourth-order valence-electron chi connectivity index (χ4n) is 2.16. The van der Waals surface area contributed by atoms with E-state index in [1.807, 2.05) is 13.2 Å². The molecule has 102 valence electrons. The van der Waals surface area contributed by atoms with E-state index < -0.39 is 0 Å². The maximum Gasteiger partial charge on any atom is 0.137 e. The molecule has 3 nitrogen and oxygen atoms in total. The number of aryl methyl sites for hydroxylation is 1. The van der Waals surface area contributed by atoms with Crippen molar-refractivity contribution >= 4 is 5.78 Å². The molecular weight excluding hydrogens is 224 g/mol. The number of unbranched alkanes of at least 4 members (excludes halogenated alkanes) is 6. The number of rotatable bonds is 10. The molecule has 1 aromatic rings. The third-order valence-electron chi connectivity index (χ3n) is 3.22. The van der Waals surface area contributed by atoms with E-state index in [4.69, 9.17) is 0 Å². The number of carbonyl (C=O) groups excluding carboxylic acids is 1. The van der Waals surface area contributed by atoms with Gasteiger partial charge in [-0.2, -0.15) is 5.10 Å². The van der Waals surface area contributed by atoms with Crippen LogP contribution in [0.4, 0.5) is 0 Å². The Morgan fingerprint density at radius 2 is 1.83 bits per heavy atom. The van der Waals surface area contributed by atoms with Crippen molar-refractivity contribution in [1.82, 2.24) is 9.78 Å². The third kappa shape index (κ3) is 6.58. The third-order valence-corrected chi connectivity index (χ3v) is 3.22. The second kappa shape index (κ2) is 8.90. The highest BCUT2D eigenvalue weighted by atomic mass is 16.1. The fraction of sp³-hybridized carbons (Fsp3) is 0.733. The standard InChI is InChI=1S/C15H26N2O/c1-3-4-5-6-7-8-9-10-15(18)11-14-12-16-17(2)13-14/h12-13H,3-11H2,1-2H3. The molecule has 0 amide bonds. The summed E-state index contributed by atoms with van der Waals surface area (Å²) in [6.07, 6.45) is 13.8. The van der Waals surface area contributed by atoms with Gasteiger partial charge in [0.1, 0.15) is 5.78 Å². The number of nitrogens with zero attached hydrogens (tertiary/aromatic N) is 2. The average Bonchev–Trinajstić information content (AvgIpc) is 2.73. The zero-order valence-corrected chi connectivity index (χ0v) is 11.8. The molecule has 0 radical (unpaired) electrons. The molecular formula is C15H26N2O. The minimum Gasteiger partial charge on any atom is -0.299 e. The van der Waals surface area contributed by atoms with Crippen LogP contribution >= 0.6 is 0 Å². The maximum atomic E-state index is 11.7. The highest BCUT2D eigenvalue weighted by Gasteiger charge is 2.05. The van der Waals surface area contributed by atoms with E-state index in [2.05, 4.69) is 12.0 Å². The second-order valence-corrected chi connectivity index (χ2v) is 5.11. The summed E-state index contributed by atoms with van der Waals surface area (Å²) in [4.78, 5) is 11.7. The van der Waals surface area contributed by atoms with Crippen LogP contribution in [0.3, 0.4) is 0 Å². The summed E-state index contributed by atoms with van der Waals surface area (Å²) in [5.74, 6) is 0.344. The van der Waals surface area contributed by atoms with Crippen molar-refractivity contribution in [2.45, 2.75) is 64.7 Å². The van der Waals surface area contributed by atoms with Crippen molar-refractivity contribution in [3.63, 3.8) is 0 Å². The minimum absolute atomic E-state index is 0.344. The Morgan fingerprint density at radius 1 is 1.17 bits per heavy atom. The summed E-state index contributed by atoms with van der Waals surface area (Å²) in [5, 5.41) is 4.07. The SMILES string of the molecule is CCCCCCCCCC(=O)Cc1cnn(C)c1. The summed E-state index contributed by atoms with van der Waals surface area (Å²) in [5.41, 5.74) is 1.03. The predicted molar refractivity (Wildman–Crippen MR) is 74.5 cm³/mol. The van der Waals surface area contributed by atoms with Crippen LogP contribution in [0.15, 0.2) is 12.4 Å². The van der Waals surface area contributed by atoms with Crippen molar-refractivity contribution in [2.24, 2.45) is 7.05 Å². The van der Waals surface area contributed by atoms with Crippen molar-refractivity contribution in [3.8, 4) is 0 Å². The van der Waals surface area contributed by atoms with Crippen LogP contribution in [-0.4, -0.2) is 15.6 Å². The molecule has 0 aliphatic rings. The first-order valence-electron chi connectivity index (χ1n) is 7.21. The largest absolute Gasteiger partial charge is 0.299 e. The lowest BCUT2D eigenvalue weighted by molar-refractivity contribution is -0.118. The molecule has 0 saturated heterocycles. The van der Waals surface area contributed by atoms with Gasteiger partial charge in [0.2, 0.25) is 0 Å². The summed E-state index contributed by atoms with van der Waals surface area (Å²) in [6, 6.07) is 0. The van der Waals surface area contributed by atoms with Gasteiger partial charge in [0.15, 0.2) is 0 Å². The molecule has 1 heterocycles. The van der Waals surface area contributed by atoms with Crippen molar-refractivity contribution < 1.29 is 4.79 Å². The minimum atomic E-state index is 0.344. The topological polar surface area (TPSA) is 34.9 Å². The first kappa shape index (κ1) is 14.9. The summed E-state index contributed by atoms with van der Waals surface area (Å²) in [6.45, 7) is 2.23. The van der Waals surface area contributed by atoms with Gasteiger partial charge in [0.25, 0.3) is 0 Å². The van der Waals surface area contributed by atoms with E-state index in [0.29, 0.717) is 12.2 Å².